The molecule has 2 saturated carbocycles. The third kappa shape index (κ3) is 5.69. The van der Waals surface area contributed by atoms with E-state index in [0.717, 1.165) is 73.3 Å². The summed E-state index contributed by atoms with van der Waals surface area (Å²) in [6.07, 6.45) is 16.0. The van der Waals surface area contributed by atoms with E-state index in [-0.39, 0.29) is 64.1 Å². The maximum atomic E-state index is 13.2. The fraction of sp³-hybridized carbons (Fsp3) is 0.378. The summed E-state index contributed by atoms with van der Waals surface area (Å²) < 4.78 is 35.7. The minimum absolute atomic E-state index is 0. The molecule has 5 atom stereocenters. The average molecular weight is 651 g/mol. The molecule has 6 nitrogen and oxygen atoms in total. The number of carbonyl (C=O) groups excluding carboxylic acids is 1. The quantitative estimate of drug-likeness (QED) is 0.184. The molecule has 1 saturated heterocycles. The molecule has 4 aliphatic carbocycles. The minimum Gasteiger partial charge on any atom is -1.00 e. The Hall–Kier alpha value is -3.24. The van der Waals surface area contributed by atoms with Gasteiger partial charge in [-0.3, -0.25) is 4.70 Å². The van der Waals surface area contributed by atoms with E-state index < -0.39 is 0 Å². The second kappa shape index (κ2) is 12.7. The van der Waals surface area contributed by atoms with Crippen molar-refractivity contribution < 1.29 is 54.0 Å². The first-order valence-electron chi connectivity index (χ1n) is 15.9. The Balaban J connectivity index is 0.000000177. The van der Waals surface area contributed by atoms with Crippen LogP contribution < -0.4 is 29.6 Å². The normalized spacial score (nSPS) is 27.7. The number of aldehydes is 1. The number of allylic oxidation sites excluding steroid dienone is 2. The number of hydrogen-bond acceptors (Lipinski definition) is 4. The second-order valence-electron chi connectivity index (χ2n) is 13.7. The van der Waals surface area contributed by atoms with Gasteiger partial charge in [-0.25, -0.2) is 18.1 Å². The van der Waals surface area contributed by atoms with Gasteiger partial charge < -0.3 is 11.0 Å². The van der Waals surface area contributed by atoms with Gasteiger partial charge in [-0.15, -0.1) is 0 Å². The number of hydrogen-bond donors (Lipinski definition) is 0. The molecule has 4 aromatic rings. The molecule has 3 fully saturated rings. The van der Waals surface area contributed by atoms with Gasteiger partial charge in [0.05, 0.1) is 47.9 Å². The Morgan fingerprint density at radius 3 is 1.77 bits per heavy atom. The third-order valence-electron chi connectivity index (χ3n) is 11.2. The monoisotopic (exact) mass is 650 g/mol. The molecule has 240 valence electrons. The molecule has 5 aliphatic rings. The van der Waals surface area contributed by atoms with Crippen LogP contribution in [-0.2, 0) is 22.4 Å². The summed E-state index contributed by atoms with van der Waals surface area (Å²) >= 11 is 0. The molecule has 2 aromatic heterocycles. The van der Waals surface area contributed by atoms with Crippen LogP contribution in [-0.4, -0.2) is 38.6 Å². The zero-order valence-electron chi connectivity index (χ0n) is 28.0. The Bertz CT molecular complexity index is 1870. The van der Waals surface area contributed by atoms with Crippen LogP contribution in [0.4, 0.5) is 13.5 Å². The van der Waals surface area contributed by atoms with Crippen LogP contribution >= 0.6 is 0 Å². The minimum atomic E-state index is -0.250. The number of epoxide rings is 1. The van der Waals surface area contributed by atoms with Gasteiger partial charge in [0, 0.05) is 11.3 Å². The van der Waals surface area contributed by atoms with Crippen LogP contribution in [0.5, 0.6) is 0 Å². The van der Waals surface area contributed by atoms with Crippen LogP contribution in [0.25, 0.3) is 23.5 Å². The Kier molecular flexibility index (Phi) is 9.06. The molecule has 3 heterocycles. The average Bonchev–Trinajstić information content (AvgIpc) is 3.35. The van der Waals surface area contributed by atoms with Crippen LogP contribution in [0.2, 0.25) is 0 Å². The first-order valence-corrected chi connectivity index (χ1v) is 15.9. The van der Waals surface area contributed by atoms with Gasteiger partial charge in [-0.2, -0.15) is 10.2 Å². The summed E-state index contributed by atoms with van der Waals surface area (Å²) in [4.78, 5) is 11.4. The molecule has 0 amide bonds. The predicted octanol–water partition coefficient (Wildman–Crippen LogP) is 4.60. The van der Waals surface area contributed by atoms with E-state index in [4.69, 9.17) is 4.74 Å². The van der Waals surface area contributed by atoms with Crippen LogP contribution in [0.3, 0.4) is 0 Å². The van der Waals surface area contributed by atoms with E-state index in [1.165, 1.54) is 47.4 Å². The van der Waals surface area contributed by atoms with Crippen molar-refractivity contribution in [3.05, 3.63) is 106 Å². The van der Waals surface area contributed by atoms with Crippen LogP contribution in [0.15, 0.2) is 72.1 Å². The zero-order chi connectivity index (χ0) is 30.9. The SMILES string of the molecule is C[C@]12Cc3cnn(-c4ccc(F)cc4)c3C=C1CC[C@@H]2C=O.C[C@]12Cc3cnn(-c4ccc(F)cc4)c3C=C1CC[C@@H]2[C@@H]1CO1.F.[H-].[Na+]. The summed E-state index contributed by atoms with van der Waals surface area (Å²) in [6, 6.07) is 12.9. The van der Waals surface area contributed by atoms with E-state index in [1.807, 2.05) is 21.8 Å². The van der Waals surface area contributed by atoms with Crippen molar-refractivity contribution in [2.24, 2.45) is 22.7 Å². The molecule has 10 heteroatoms. The Labute approximate surface area is 296 Å². The number of rotatable bonds is 4. The maximum absolute atomic E-state index is 13.2. The molecule has 1 aliphatic heterocycles. The van der Waals surface area contributed by atoms with Gasteiger partial charge in [0.15, 0.2) is 0 Å². The number of halogens is 3. The fourth-order valence-corrected chi connectivity index (χ4v) is 8.43. The molecular weight excluding hydrogens is 612 g/mol. The summed E-state index contributed by atoms with van der Waals surface area (Å²) in [5.41, 5.74) is 9.43. The van der Waals surface area contributed by atoms with Gasteiger partial charge >= 0.3 is 29.6 Å². The van der Waals surface area contributed by atoms with Gasteiger partial charge in [0.25, 0.3) is 0 Å². The summed E-state index contributed by atoms with van der Waals surface area (Å²) in [5, 5.41) is 9.03. The Morgan fingerprint density at radius 1 is 0.809 bits per heavy atom. The van der Waals surface area contributed by atoms with Gasteiger partial charge in [0.1, 0.15) is 17.9 Å². The number of benzene rings is 2. The topological polar surface area (TPSA) is 65.2 Å². The van der Waals surface area contributed by atoms with Crippen molar-refractivity contribution in [2.75, 3.05) is 6.61 Å². The molecular formula is C37H38F3N4NaO2. The molecule has 0 N–H and O–H groups in total. The molecule has 0 radical (unpaired) electrons. The molecule has 0 spiro atoms. The fourth-order valence-electron chi connectivity index (χ4n) is 8.43. The first kappa shape index (κ1) is 33.7. The van der Waals surface area contributed by atoms with Gasteiger partial charge in [0.2, 0.25) is 0 Å². The number of fused-ring (bicyclic) bond motifs is 4. The second-order valence-corrected chi connectivity index (χ2v) is 13.7. The standard InChI is InChI=1S/C19H19FN2O.C18H17FN2O.FH.Na.H/c1-19-9-12-10-21-22(15-5-3-14(20)4-6-15)17(12)8-13(19)2-7-16(19)18-11-23-18;1-18-9-12-10-20-21(16-6-4-15(19)5-7-16)17(12)8-13(18)2-3-14(18)11-22;;;/h3-6,8,10,16,18H,2,7,9,11H2,1H3;4-8,10-11,14H,2-3,9H2,1H3;1H;;/q;;;+1;-1/t16-,18+,19+;14-,18+;;;/m11.../s1. The van der Waals surface area contributed by atoms with E-state index in [1.54, 1.807) is 24.3 Å². The molecule has 0 unspecified atom stereocenters. The number of aromatic nitrogens is 4. The van der Waals surface area contributed by atoms with Crippen molar-refractivity contribution in [3.8, 4) is 11.4 Å². The molecule has 47 heavy (non-hydrogen) atoms. The van der Waals surface area contributed by atoms with E-state index in [9.17, 15) is 13.6 Å². The predicted molar refractivity (Wildman–Crippen MR) is 171 cm³/mol. The summed E-state index contributed by atoms with van der Waals surface area (Å²) in [6.45, 7) is 5.49. The van der Waals surface area contributed by atoms with Crippen molar-refractivity contribution in [1.82, 2.24) is 19.6 Å². The maximum Gasteiger partial charge on any atom is 1.00 e. The number of nitrogens with zero attached hydrogens (tertiary/aromatic N) is 4. The largest absolute Gasteiger partial charge is 1.00 e. The van der Waals surface area contributed by atoms with Gasteiger partial charge in [-0.1, -0.05) is 25.0 Å². The number of ether oxygens (including phenoxy) is 1. The van der Waals surface area contributed by atoms with E-state index >= 15 is 0 Å². The molecule has 2 aromatic carbocycles. The first-order chi connectivity index (χ1) is 21.8. The van der Waals surface area contributed by atoms with Crippen molar-refractivity contribution >= 4 is 18.4 Å². The van der Waals surface area contributed by atoms with Crippen molar-refractivity contribution in [2.45, 2.75) is 58.5 Å². The van der Waals surface area contributed by atoms with Crippen LogP contribution in [0.1, 0.15) is 63.5 Å². The smallest absolute Gasteiger partial charge is 1.00 e. The van der Waals surface area contributed by atoms with Crippen molar-refractivity contribution in [3.63, 3.8) is 0 Å². The van der Waals surface area contributed by atoms with Gasteiger partial charge in [-0.05, 0) is 122 Å². The summed E-state index contributed by atoms with van der Waals surface area (Å²) in [7, 11) is 0. The van der Waals surface area contributed by atoms with E-state index in [2.05, 4.69) is 36.2 Å². The molecule has 9 rings (SSSR count). The molecule has 0 bridgehead atoms. The zero-order valence-corrected chi connectivity index (χ0v) is 29.0. The third-order valence-corrected chi connectivity index (χ3v) is 11.2. The van der Waals surface area contributed by atoms with E-state index in [0.29, 0.717) is 12.0 Å². The van der Waals surface area contributed by atoms with Crippen LogP contribution in [0, 0.1) is 34.3 Å². The number of carbonyl (C=O) groups is 1. The Morgan fingerprint density at radius 2 is 1.28 bits per heavy atom. The van der Waals surface area contributed by atoms with Crippen molar-refractivity contribution in [1.29, 1.82) is 0 Å². The summed E-state index contributed by atoms with van der Waals surface area (Å²) in [5.74, 6) is 0.265.